The standard InChI is InChI=1S/C16H26N2O3/c1-3-18(4-2)8-7-17-12-14(19)13-5-6-15-16(11-13)21-10-9-20-15/h5-6,11,14,17,19H,3-4,7-10,12H2,1-2H3. The van der Waals surface area contributed by atoms with Crippen molar-refractivity contribution in [3.63, 3.8) is 0 Å². The Kier molecular flexibility index (Phi) is 6.29. The average molecular weight is 294 g/mol. The van der Waals surface area contributed by atoms with Crippen LogP contribution in [0.15, 0.2) is 18.2 Å². The number of benzene rings is 1. The summed E-state index contributed by atoms with van der Waals surface area (Å²) in [4.78, 5) is 2.35. The van der Waals surface area contributed by atoms with Crippen LogP contribution in [0.5, 0.6) is 11.5 Å². The number of nitrogens with zero attached hydrogens (tertiary/aromatic N) is 1. The predicted octanol–water partition coefficient (Wildman–Crippen LogP) is 1.42. The lowest BCUT2D eigenvalue weighted by Gasteiger charge is -2.21. The zero-order valence-corrected chi connectivity index (χ0v) is 13.0. The van der Waals surface area contributed by atoms with E-state index >= 15 is 0 Å². The normalized spacial score (nSPS) is 15.2. The van der Waals surface area contributed by atoms with Gasteiger partial charge in [0.05, 0.1) is 6.10 Å². The molecule has 1 aromatic carbocycles. The van der Waals surface area contributed by atoms with Crippen LogP contribution in [0.25, 0.3) is 0 Å². The molecule has 0 amide bonds. The fourth-order valence-electron chi connectivity index (χ4n) is 2.40. The molecular formula is C16H26N2O3. The molecule has 1 unspecified atom stereocenters. The van der Waals surface area contributed by atoms with Crippen LogP contribution in [0.1, 0.15) is 25.5 Å². The van der Waals surface area contributed by atoms with Gasteiger partial charge in [-0.05, 0) is 30.8 Å². The second-order valence-corrected chi connectivity index (χ2v) is 5.15. The molecule has 1 aliphatic heterocycles. The molecule has 0 fully saturated rings. The van der Waals surface area contributed by atoms with Gasteiger partial charge < -0.3 is 24.8 Å². The SMILES string of the molecule is CCN(CC)CCNCC(O)c1ccc2c(c1)OCCO2. The molecule has 0 saturated heterocycles. The van der Waals surface area contributed by atoms with Crippen LogP contribution >= 0.6 is 0 Å². The van der Waals surface area contributed by atoms with Gasteiger partial charge in [-0.15, -0.1) is 0 Å². The van der Waals surface area contributed by atoms with Crippen LogP contribution < -0.4 is 14.8 Å². The van der Waals surface area contributed by atoms with Crippen LogP contribution in [-0.2, 0) is 0 Å². The van der Waals surface area contributed by atoms with Crippen molar-refractivity contribution < 1.29 is 14.6 Å². The van der Waals surface area contributed by atoms with Crippen LogP contribution in [0, 0.1) is 0 Å². The highest BCUT2D eigenvalue weighted by Crippen LogP contribution is 2.32. The highest BCUT2D eigenvalue weighted by atomic mass is 16.6. The number of aliphatic hydroxyl groups is 1. The molecule has 1 atom stereocenters. The van der Waals surface area contributed by atoms with E-state index in [9.17, 15) is 5.11 Å². The number of fused-ring (bicyclic) bond motifs is 1. The maximum absolute atomic E-state index is 10.2. The molecular weight excluding hydrogens is 268 g/mol. The summed E-state index contributed by atoms with van der Waals surface area (Å²) in [6.45, 7) is 10.0. The van der Waals surface area contributed by atoms with Gasteiger partial charge in [0.15, 0.2) is 11.5 Å². The number of ether oxygens (including phenoxy) is 2. The maximum Gasteiger partial charge on any atom is 0.161 e. The largest absolute Gasteiger partial charge is 0.486 e. The molecule has 118 valence electrons. The van der Waals surface area contributed by atoms with Crippen molar-refractivity contribution in [2.45, 2.75) is 20.0 Å². The summed E-state index contributed by atoms with van der Waals surface area (Å²) in [5.74, 6) is 1.48. The minimum atomic E-state index is -0.530. The van der Waals surface area contributed by atoms with Crippen LogP contribution in [-0.4, -0.2) is 55.9 Å². The number of aliphatic hydroxyl groups excluding tert-OH is 1. The molecule has 0 saturated carbocycles. The van der Waals surface area contributed by atoms with E-state index in [0.29, 0.717) is 19.8 Å². The molecule has 2 N–H and O–H groups in total. The summed E-state index contributed by atoms with van der Waals surface area (Å²) in [5.41, 5.74) is 0.856. The lowest BCUT2D eigenvalue weighted by Crippen LogP contribution is -2.33. The molecule has 2 rings (SSSR count). The topological polar surface area (TPSA) is 54.0 Å². The van der Waals surface area contributed by atoms with Gasteiger partial charge in [-0.1, -0.05) is 19.9 Å². The summed E-state index contributed by atoms with van der Waals surface area (Å²) in [7, 11) is 0. The van der Waals surface area contributed by atoms with Gasteiger partial charge in [0.1, 0.15) is 13.2 Å². The molecule has 0 aromatic heterocycles. The van der Waals surface area contributed by atoms with E-state index in [-0.39, 0.29) is 0 Å². The van der Waals surface area contributed by atoms with Gasteiger partial charge in [0.2, 0.25) is 0 Å². The molecule has 5 heteroatoms. The van der Waals surface area contributed by atoms with Gasteiger partial charge >= 0.3 is 0 Å². The number of likely N-dealkylation sites (N-methyl/N-ethyl adjacent to an activating group) is 1. The summed E-state index contributed by atoms with van der Waals surface area (Å²) >= 11 is 0. The number of rotatable bonds is 8. The molecule has 0 radical (unpaired) electrons. The summed E-state index contributed by atoms with van der Waals surface area (Å²) < 4.78 is 11.0. The Hall–Kier alpha value is -1.30. The van der Waals surface area contributed by atoms with Crippen molar-refractivity contribution in [3.8, 4) is 11.5 Å². The maximum atomic E-state index is 10.2. The zero-order chi connectivity index (χ0) is 15.1. The molecule has 21 heavy (non-hydrogen) atoms. The summed E-state index contributed by atoms with van der Waals surface area (Å²) in [5, 5.41) is 13.5. The molecule has 1 aromatic rings. The first-order valence-corrected chi connectivity index (χ1v) is 7.75. The summed E-state index contributed by atoms with van der Waals surface area (Å²) in [6.07, 6.45) is -0.530. The minimum Gasteiger partial charge on any atom is -0.486 e. The van der Waals surface area contributed by atoms with E-state index in [1.807, 2.05) is 18.2 Å². The van der Waals surface area contributed by atoms with Crippen molar-refractivity contribution in [3.05, 3.63) is 23.8 Å². The lowest BCUT2D eigenvalue weighted by molar-refractivity contribution is 0.162. The third kappa shape index (κ3) is 4.59. The van der Waals surface area contributed by atoms with Gasteiger partial charge in [-0.25, -0.2) is 0 Å². The van der Waals surface area contributed by atoms with E-state index in [1.54, 1.807) is 0 Å². The van der Waals surface area contributed by atoms with Gasteiger partial charge in [0, 0.05) is 19.6 Å². The first kappa shape index (κ1) is 16.1. The zero-order valence-electron chi connectivity index (χ0n) is 13.0. The predicted molar refractivity (Wildman–Crippen MR) is 83.0 cm³/mol. The third-order valence-electron chi connectivity index (χ3n) is 3.79. The minimum absolute atomic E-state index is 0.530. The fourth-order valence-corrected chi connectivity index (χ4v) is 2.40. The fraction of sp³-hybridized carbons (Fsp3) is 0.625. The van der Waals surface area contributed by atoms with E-state index in [0.717, 1.165) is 43.2 Å². The Balaban J connectivity index is 1.79. The lowest BCUT2D eigenvalue weighted by atomic mass is 10.1. The highest BCUT2D eigenvalue weighted by Gasteiger charge is 2.15. The van der Waals surface area contributed by atoms with E-state index in [1.165, 1.54) is 0 Å². The molecule has 1 heterocycles. The first-order chi connectivity index (χ1) is 10.2. The number of nitrogens with one attached hydrogen (secondary N) is 1. The monoisotopic (exact) mass is 294 g/mol. The van der Waals surface area contributed by atoms with Crippen molar-refractivity contribution in [2.75, 3.05) is 45.9 Å². The Morgan fingerprint density at radius 1 is 1.19 bits per heavy atom. The Bertz CT molecular complexity index is 436. The Morgan fingerprint density at radius 2 is 1.90 bits per heavy atom. The van der Waals surface area contributed by atoms with Gasteiger partial charge in [-0.3, -0.25) is 0 Å². The molecule has 0 bridgehead atoms. The molecule has 0 spiro atoms. The smallest absolute Gasteiger partial charge is 0.161 e. The number of hydrogen-bond donors (Lipinski definition) is 2. The van der Waals surface area contributed by atoms with Crippen molar-refractivity contribution >= 4 is 0 Å². The van der Waals surface area contributed by atoms with E-state index < -0.39 is 6.10 Å². The van der Waals surface area contributed by atoms with Crippen molar-refractivity contribution in [1.82, 2.24) is 10.2 Å². The quantitative estimate of drug-likeness (QED) is 0.710. The average Bonchev–Trinajstić information content (AvgIpc) is 2.54. The van der Waals surface area contributed by atoms with Gasteiger partial charge in [0.25, 0.3) is 0 Å². The molecule has 5 nitrogen and oxygen atoms in total. The number of hydrogen-bond acceptors (Lipinski definition) is 5. The Labute approximate surface area is 126 Å². The van der Waals surface area contributed by atoms with E-state index in [4.69, 9.17) is 9.47 Å². The molecule has 1 aliphatic rings. The van der Waals surface area contributed by atoms with Crippen molar-refractivity contribution in [2.24, 2.45) is 0 Å². The van der Waals surface area contributed by atoms with Crippen LogP contribution in [0.2, 0.25) is 0 Å². The highest BCUT2D eigenvalue weighted by molar-refractivity contribution is 5.44. The van der Waals surface area contributed by atoms with Crippen LogP contribution in [0.3, 0.4) is 0 Å². The second-order valence-electron chi connectivity index (χ2n) is 5.15. The first-order valence-electron chi connectivity index (χ1n) is 7.75. The Morgan fingerprint density at radius 3 is 2.62 bits per heavy atom. The van der Waals surface area contributed by atoms with Crippen LogP contribution in [0.4, 0.5) is 0 Å². The summed E-state index contributed by atoms with van der Waals surface area (Å²) in [6, 6.07) is 5.62. The van der Waals surface area contributed by atoms with Crippen molar-refractivity contribution in [1.29, 1.82) is 0 Å². The third-order valence-corrected chi connectivity index (χ3v) is 3.79. The van der Waals surface area contributed by atoms with Gasteiger partial charge in [-0.2, -0.15) is 0 Å². The van der Waals surface area contributed by atoms with E-state index in [2.05, 4.69) is 24.1 Å². The molecule has 0 aliphatic carbocycles. The second kappa shape index (κ2) is 8.22.